The highest BCUT2D eigenvalue weighted by atomic mass is 32.2. The Labute approximate surface area is 127 Å². The fourth-order valence-corrected chi connectivity index (χ4v) is 3.44. The lowest BCUT2D eigenvalue weighted by molar-refractivity contribution is 0.232. The van der Waals surface area contributed by atoms with Gasteiger partial charge in [0.1, 0.15) is 5.75 Å². The quantitative estimate of drug-likeness (QED) is 0.620. The molecule has 0 radical (unpaired) electrons. The van der Waals surface area contributed by atoms with Crippen molar-refractivity contribution in [3.8, 4) is 5.75 Å². The third-order valence-electron chi connectivity index (χ3n) is 3.98. The fraction of sp³-hybridized carbons (Fsp3) is 0.500. The molecule has 1 fully saturated rings. The van der Waals surface area contributed by atoms with E-state index in [1.165, 1.54) is 5.56 Å². The second-order valence-corrected chi connectivity index (χ2v) is 7.20. The van der Waals surface area contributed by atoms with Crippen LogP contribution < -0.4 is 4.18 Å². The minimum Gasteiger partial charge on any atom is -0.382 e. The molecular formula is C16H23NO3S. The van der Waals surface area contributed by atoms with Crippen LogP contribution in [0, 0.1) is 6.92 Å². The molecule has 0 saturated carbocycles. The summed E-state index contributed by atoms with van der Waals surface area (Å²) in [4.78, 5) is 2.38. The molecule has 1 aliphatic rings. The average Bonchev–Trinajstić information content (AvgIpc) is 2.41. The van der Waals surface area contributed by atoms with Crippen LogP contribution in [0.5, 0.6) is 5.75 Å². The van der Waals surface area contributed by atoms with E-state index in [9.17, 15) is 8.42 Å². The number of nitrogens with zero attached hydrogens (tertiary/aromatic N) is 1. The van der Waals surface area contributed by atoms with E-state index in [1.807, 2.05) is 19.1 Å². The van der Waals surface area contributed by atoms with E-state index in [0.29, 0.717) is 11.7 Å². The Hall–Kier alpha value is -1.33. The Morgan fingerprint density at radius 1 is 1.38 bits per heavy atom. The number of hydrogen-bond acceptors (Lipinski definition) is 4. The standard InChI is InChI=1S/C16H23NO3S/c1-4-10-17-11-8-14(9-12-17)15-6-5-7-16(13(15)2)20-21(3,18)19/h4-7,14H,1,8-12H2,2-3H3. The monoisotopic (exact) mass is 309 g/mol. The van der Waals surface area contributed by atoms with Crippen molar-refractivity contribution >= 4 is 10.1 Å². The Bertz CT molecular complexity index is 602. The molecule has 1 aromatic rings. The van der Waals surface area contributed by atoms with Crippen molar-refractivity contribution in [1.82, 2.24) is 4.90 Å². The molecule has 1 aliphatic heterocycles. The Morgan fingerprint density at radius 3 is 2.62 bits per heavy atom. The van der Waals surface area contributed by atoms with Gasteiger partial charge in [-0.2, -0.15) is 8.42 Å². The molecule has 0 atom stereocenters. The molecule has 5 heteroatoms. The van der Waals surface area contributed by atoms with Crippen molar-refractivity contribution in [3.05, 3.63) is 42.0 Å². The lowest BCUT2D eigenvalue weighted by Crippen LogP contribution is -2.33. The van der Waals surface area contributed by atoms with Gasteiger partial charge in [-0.05, 0) is 56.0 Å². The number of likely N-dealkylation sites (tertiary alicyclic amines) is 1. The van der Waals surface area contributed by atoms with E-state index in [-0.39, 0.29) is 0 Å². The molecular weight excluding hydrogens is 286 g/mol. The first-order valence-electron chi connectivity index (χ1n) is 7.23. The highest BCUT2D eigenvalue weighted by Crippen LogP contribution is 2.34. The van der Waals surface area contributed by atoms with Gasteiger partial charge in [-0.25, -0.2) is 0 Å². The lowest BCUT2D eigenvalue weighted by Gasteiger charge is -2.32. The first-order valence-corrected chi connectivity index (χ1v) is 9.04. The van der Waals surface area contributed by atoms with Gasteiger partial charge in [-0.3, -0.25) is 4.90 Å². The maximum atomic E-state index is 11.3. The summed E-state index contributed by atoms with van der Waals surface area (Å²) in [7, 11) is -3.48. The first kappa shape index (κ1) is 16.0. The number of hydrogen-bond donors (Lipinski definition) is 0. The van der Waals surface area contributed by atoms with E-state index >= 15 is 0 Å². The van der Waals surface area contributed by atoms with Crippen LogP contribution >= 0.6 is 0 Å². The number of benzene rings is 1. The average molecular weight is 309 g/mol. The van der Waals surface area contributed by atoms with E-state index in [4.69, 9.17) is 4.18 Å². The summed E-state index contributed by atoms with van der Waals surface area (Å²) in [5, 5.41) is 0. The van der Waals surface area contributed by atoms with Crippen LogP contribution in [0.15, 0.2) is 30.9 Å². The van der Waals surface area contributed by atoms with Crippen molar-refractivity contribution in [1.29, 1.82) is 0 Å². The SMILES string of the molecule is C=CCN1CCC(c2cccc(OS(C)(=O)=O)c2C)CC1. The van der Waals surface area contributed by atoms with Gasteiger partial charge < -0.3 is 4.18 Å². The molecule has 0 unspecified atom stereocenters. The highest BCUT2D eigenvalue weighted by Gasteiger charge is 2.22. The normalized spacial score (nSPS) is 17.6. The molecule has 116 valence electrons. The van der Waals surface area contributed by atoms with Gasteiger partial charge in [0.25, 0.3) is 0 Å². The van der Waals surface area contributed by atoms with Crippen LogP contribution in [-0.2, 0) is 10.1 Å². The topological polar surface area (TPSA) is 46.6 Å². The molecule has 1 heterocycles. The van der Waals surface area contributed by atoms with Crippen LogP contribution in [0.1, 0.15) is 29.9 Å². The molecule has 0 N–H and O–H groups in total. The Kier molecular flexibility index (Phi) is 5.06. The Morgan fingerprint density at radius 2 is 2.05 bits per heavy atom. The largest absolute Gasteiger partial charge is 0.382 e. The van der Waals surface area contributed by atoms with Crippen molar-refractivity contribution in [2.75, 3.05) is 25.9 Å². The zero-order valence-electron chi connectivity index (χ0n) is 12.7. The maximum Gasteiger partial charge on any atom is 0.306 e. The molecule has 4 nitrogen and oxygen atoms in total. The number of rotatable bonds is 5. The second kappa shape index (κ2) is 6.62. The van der Waals surface area contributed by atoms with Crippen LogP contribution in [-0.4, -0.2) is 39.2 Å². The maximum absolute atomic E-state index is 11.3. The molecule has 0 bridgehead atoms. The first-order chi connectivity index (χ1) is 9.90. The molecule has 0 amide bonds. The molecule has 0 aromatic heterocycles. The number of piperidine rings is 1. The van der Waals surface area contributed by atoms with Crippen molar-refractivity contribution in [3.63, 3.8) is 0 Å². The summed E-state index contributed by atoms with van der Waals surface area (Å²) < 4.78 is 27.7. The van der Waals surface area contributed by atoms with Gasteiger partial charge in [0.15, 0.2) is 0 Å². The van der Waals surface area contributed by atoms with Crippen molar-refractivity contribution in [2.45, 2.75) is 25.7 Å². The summed E-state index contributed by atoms with van der Waals surface area (Å²) >= 11 is 0. The molecule has 0 aliphatic carbocycles. The summed E-state index contributed by atoms with van der Waals surface area (Å²) in [6, 6.07) is 5.67. The third-order valence-corrected chi connectivity index (χ3v) is 4.46. The van der Waals surface area contributed by atoms with Crippen molar-refractivity contribution < 1.29 is 12.6 Å². The van der Waals surface area contributed by atoms with Gasteiger partial charge in [0.2, 0.25) is 0 Å². The molecule has 1 saturated heterocycles. The van der Waals surface area contributed by atoms with E-state index < -0.39 is 10.1 Å². The third kappa shape index (κ3) is 4.32. The van der Waals surface area contributed by atoms with Gasteiger partial charge in [0, 0.05) is 6.54 Å². The summed E-state index contributed by atoms with van der Waals surface area (Å²) in [5.74, 6) is 0.915. The van der Waals surface area contributed by atoms with Crippen LogP contribution in [0.4, 0.5) is 0 Å². The minimum absolute atomic E-state index is 0.448. The molecule has 2 rings (SSSR count). The van der Waals surface area contributed by atoms with Crippen molar-refractivity contribution in [2.24, 2.45) is 0 Å². The molecule has 21 heavy (non-hydrogen) atoms. The van der Waals surface area contributed by atoms with Crippen LogP contribution in [0.25, 0.3) is 0 Å². The van der Waals surface area contributed by atoms with Gasteiger partial charge in [-0.1, -0.05) is 18.2 Å². The lowest BCUT2D eigenvalue weighted by atomic mass is 9.86. The predicted octanol–water partition coefficient (Wildman–Crippen LogP) is 2.70. The second-order valence-electron chi connectivity index (χ2n) is 5.62. The van der Waals surface area contributed by atoms with Gasteiger partial charge in [-0.15, -0.1) is 6.58 Å². The Balaban J connectivity index is 2.14. The predicted molar refractivity (Wildman–Crippen MR) is 85.3 cm³/mol. The minimum atomic E-state index is -3.48. The molecule has 1 aromatic carbocycles. The van der Waals surface area contributed by atoms with E-state index in [2.05, 4.69) is 17.5 Å². The van der Waals surface area contributed by atoms with Crippen LogP contribution in [0.3, 0.4) is 0 Å². The van der Waals surface area contributed by atoms with E-state index in [0.717, 1.165) is 44.3 Å². The summed E-state index contributed by atoms with van der Waals surface area (Å²) in [6.45, 7) is 8.74. The zero-order valence-corrected chi connectivity index (χ0v) is 13.5. The summed E-state index contributed by atoms with van der Waals surface area (Å²) in [5.41, 5.74) is 2.14. The smallest absolute Gasteiger partial charge is 0.306 e. The summed E-state index contributed by atoms with van der Waals surface area (Å²) in [6.07, 6.45) is 5.17. The van der Waals surface area contributed by atoms with Gasteiger partial charge in [0.05, 0.1) is 6.26 Å². The highest BCUT2D eigenvalue weighted by molar-refractivity contribution is 7.86. The zero-order chi connectivity index (χ0) is 15.5. The fourth-order valence-electron chi connectivity index (χ4n) is 2.94. The molecule has 0 spiro atoms. The van der Waals surface area contributed by atoms with E-state index in [1.54, 1.807) is 6.07 Å². The van der Waals surface area contributed by atoms with Crippen LogP contribution in [0.2, 0.25) is 0 Å². The van der Waals surface area contributed by atoms with Gasteiger partial charge >= 0.3 is 10.1 Å².